The molecule has 5 nitrogen and oxygen atoms in total. The van der Waals surface area contributed by atoms with Crippen LogP contribution in [-0.2, 0) is 15.0 Å². The predicted molar refractivity (Wildman–Crippen MR) is 120 cm³/mol. The second-order valence-electron chi connectivity index (χ2n) is 8.39. The monoisotopic (exact) mass is 443 g/mol. The number of rotatable bonds is 4. The molecule has 3 rings (SSSR count). The summed E-state index contributed by atoms with van der Waals surface area (Å²) < 4.78 is 0. The zero-order chi connectivity index (χ0) is 22.3. The lowest BCUT2D eigenvalue weighted by Gasteiger charge is -2.43. The van der Waals surface area contributed by atoms with Crippen molar-refractivity contribution >= 4 is 35.0 Å². The first-order valence-electron chi connectivity index (χ1n) is 9.36. The van der Waals surface area contributed by atoms with Gasteiger partial charge in [0.2, 0.25) is 11.8 Å². The molecule has 1 aromatic heterocycles. The molecule has 0 fully saturated rings. The molecule has 2 amide bonds. The van der Waals surface area contributed by atoms with Gasteiger partial charge in [-0.3, -0.25) is 14.6 Å². The lowest BCUT2D eigenvalue weighted by atomic mass is 9.60. The summed E-state index contributed by atoms with van der Waals surface area (Å²) in [6.07, 6.45) is 6.39. The van der Waals surface area contributed by atoms with Crippen molar-refractivity contribution in [3.05, 3.63) is 76.4 Å². The molecular formula is C23H23Cl2N3O2. The third kappa shape index (κ3) is 3.32. The van der Waals surface area contributed by atoms with Crippen LogP contribution in [0.2, 0.25) is 5.02 Å². The maximum Gasteiger partial charge on any atom is 0.237 e. The van der Waals surface area contributed by atoms with Crippen LogP contribution in [0.4, 0.5) is 0 Å². The van der Waals surface area contributed by atoms with Gasteiger partial charge in [-0.2, -0.15) is 0 Å². The van der Waals surface area contributed by atoms with Gasteiger partial charge < -0.3 is 11.5 Å². The van der Waals surface area contributed by atoms with Crippen LogP contribution < -0.4 is 11.5 Å². The topological polar surface area (TPSA) is 99.1 Å². The van der Waals surface area contributed by atoms with Crippen LogP contribution in [-0.4, -0.2) is 16.8 Å². The van der Waals surface area contributed by atoms with Gasteiger partial charge >= 0.3 is 0 Å². The summed E-state index contributed by atoms with van der Waals surface area (Å²) in [5.41, 5.74) is 10.2. The van der Waals surface area contributed by atoms with E-state index in [4.69, 9.17) is 34.7 Å². The zero-order valence-electron chi connectivity index (χ0n) is 16.9. The van der Waals surface area contributed by atoms with Crippen LogP contribution in [0, 0.1) is 10.8 Å². The molecule has 7 heteroatoms. The molecule has 1 aliphatic carbocycles. The molecule has 2 aromatic rings. The smallest absolute Gasteiger partial charge is 0.237 e. The van der Waals surface area contributed by atoms with Gasteiger partial charge in [-0.25, -0.2) is 0 Å². The molecule has 1 aromatic carbocycles. The van der Waals surface area contributed by atoms with E-state index in [1.807, 2.05) is 32.9 Å². The summed E-state index contributed by atoms with van der Waals surface area (Å²) in [6, 6.07) is 10.6. The molecule has 0 saturated heterocycles. The fourth-order valence-corrected chi connectivity index (χ4v) is 4.40. The number of nitrogens with two attached hydrogens (primary N) is 2. The number of pyridine rings is 1. The standard InChI is InChI=1S/C23H23Cl2N3O2/c1-21(2,3)22(19(26)29)9-10-23(20(27)30,18(25)13-22)14-7-8-16(24)15(12-14)17-6-4-5-11-28-17/h4-13H,1-3H3,(H2,26,29)(H2,27,30). The van der Waals surface area contributed by atoms with Crippen molar-refractivity contribution in [2.24, 2.45) is 22.3 Å². The maximum atomic E-state index is 12.7. The summed E-state index contributed by atoms with van der Waals surface area (Å²) >= 11 is 13.1. The van der Waals surface area contributed by atoms with E-state index in [-0.39, 0.29) is 5.03 Å². The highest BCUT2D eigenvalue weighted by molar-refractivity contribution is 6.34. The molecule has 0 saturated carbocycles. The van der Waals surface area contributed by atoms with Crippen molar-refractivity contribution in [3.8, 4) is 11.3 Å². The molecule has 2 atom stereocenters. The Balaban J connectivity index is 2.24. The van der Waals surface area contributed by atoms with Crippen LogP contribution in [0.25, 0.3) is 11.3 Å². The van der Waals surface area contributed by atoms with E-state index in [1.165, 1.54) is 6.08 Å². The van der Waals surface area contributed by atoms with E-state index in [9.17, 15) is 9.59 Å². The third-order valence-corrected chi connectivity index (χ3v) is 6.46. The van der Waals surface area contributed by atoms with Crippen LogP contribution in [0.1, 0.15) is 26.3 Å². The minimum Gasteiger partial charge on any atom is -0.369 e. The Labute approximate surface area is 185 Å². The lowest BCUT2D eigenvalue weighted by Crippen LogP contribution is -2.49. The Morgan fingerprint density at radius 1 is 1.00 bits per heavy atom. The molecule has 1 aliphatic rings. The molecule has 30 heavy (non-hydrogen) atoms. The van der Waals surface area contributed by atoms with Crippen LogP contribution in [0.15, 0.2) is 65.9 Å². The first kappa shape index (κ1) is 22.1. The predicted octanol–water partition coefficient (Wildman–Crippen LogP) is 4.34. The second-order valence-corrected chi connectivity index (χ2v) is 9.21. The normalized spacial score (nSPS) is 23.7. The largest absolute Gasteiger partial charge is 0.369 e. The molecule has 1 heterocycles. The van der Waals surface area contributed by atoms with E-state index < -0.39 is 28.1 Å². The summed E-state index contributed by atoms with van der Waals surface area (Å²) in [7, 11) is 0. The van der Waals surface area contributed by atoms with Gasteiger partial charge in [0.15, 0.2) is 0 Å². The number of primary amides is 2. The number of carbonyl (C=O) groups is 2. The van der Waals surface area contributed by atoms with Gasteiger partial charge in [-0.05, 0) is 41.3 Å². The SMILES string of the molecule is CC(C)(C)C1(C(N)=O)C=CC(C(N)=O)(c2ccc(Cl)c(-c3ccccn3)c2)C(Cl)=C1. The zero-order valence-corrected chi connectivity index (χ0v) is 18.5. The molecule has 0 bridgehead atoms. The highest BCUT2D eigenvalue weighted by Crippen LogP contribution is 2.51. The van der Waals surface area contributed by atoms with Gasteiger partial charge in [-0.1, -0.05) is 68.3 Å². The number of hydrogen-bond acceptors (Lipinski definition) is 3. The quantitative estimate of drug-likeness (QED) is 0.687. The van der Waals surface area contributed by atoms with E-state index in [0.717, 1.165) is 0 Å². The van der Waals surface area contributed by atoms with Gasteiger partial charge in [0, 0.05) is 21.8 Å². The summed E-state index contributed by atoms with van der Waals surface area (Å²) in [4.78, 5) is 29.5. The van der Waals surface area contributed by atoms with Crippen LogP contribution in [0.3, 0.4) is 0 Å². The summed E-state index contributed by atoms with van der Waals surface area (Å²) in [5, 5.41) is 0.582. The summed E-state index contributed by atoms with van der Waals surface area (Å²) in [6.45, 7) is 5.63. The molecule has 0 radical (unpaired) electrons. The van der Waals surface area contributed by atoms with Crippen LogP contribution in [0.5, 0.6) is 0 Å². The third-order valence-electron chi connectivity index (χ3n) is 5.73. The Morgan fingerprint density at radius 2 is 1.70 bits per heavy atom. The van der Waals surface area contributed by atoms with E-state index in [1.54, 1.807) is 42.6 Å². The number of nitrogens with zero attached hydrogens (tertiary/aromatic N) is 1. The average Bonchev–Trinajstić information content (AvgIpc) is 2.68. The maximum absolute atomic E-state index is 12.7. The first-order valence-corrected chi connectivity index (χ1v) is 10.1. The Morgan fingerprint density at radius 3 is 2.20 bits per heavy atom. The summed E-state index contributed by atoms with van der Waals surface area (Å²) in [5.74, 6) is -1.24. The molecule has 4 N–H and O–H groups in total. The Kier molecular flexibility index (Phi) is 5.56. The molecular weight excluding hydrogens is 421 g/mol. The van der Waals surface area contributed by atoms with E-state index in [2.05, 4.69) is 4.98 Å². The molecule has 0 aliphatic heterocycles. The Hall–Kier alpha value is -2.63. The fraction of sp³-hybridized carbons (Fsp3) is 0.261. The van der Waals surface area contributed by atoms with Crippen molar-refractivity contribution in [2.75, 3.05) is 0 Å². The number of hydrogen-bond donors (Lipinski definition) is 2. The van der Waals surface area contributed by atoms with Crippen molar-refractivity contribution in [3.63, 3.8) is 0 Å². The van der Waals surface area contributed by atoms with Crippen molar-refractivity contribution in [1.82, 2.24) is 4.98 Å². The minimum absolute atomic E-state index is 0.112. The lowest BCUT2D eigenvalue weighted by molar-refractivity contribution is -0.128. The molecule has 0 spiro atoms. The highest BCUT2D eigenvalue weighted by Gasteiger charge is 2.51. The molecule has 2 unspecified atom stereocenters. The van der Waals surface area contributed by atoms with Crippen LogP contribution >= 0.6 is 23.2 Å². The number of carbonyl (C=O) groups excluding carboxylic acids is 2. The number of benzene rings is 1. The number of aromatic nitrogens is 1. The average molecular weight is 444 g/mol. The number of amides is 2. The minimum atomic E-state index is -1.46. The van der Waals surface area contributed by atoms with Crippen molar-refractivity contribution in [2.45, 2.75) is 26.2 Å². The fourth-order valence-electron chi connectivity index (χ4n) is 3.75. The number of halogens is 2. The Bertz CT molecular complexity index is 1070. The van der Waals surface area contributed by atoms with Gasteiger partial charge in [0.05, 0.1) is 11.1 Å². The van der Waals surface area contributed by atoms with Gasteiger partial charge in [0.25, 0.3) is 0 Å². The van der Waals surface area contributed by atoms with Crippen molar-refractivity contribution < 1.29 is 9.59 Å². The molecule has 156 valence electrons. The van der Waals surface area contributed by atoms with Gasteiger partial charge in [-0.15, -0.1) is 0 Å². The highest BCUT2D eigenvalue weighted by atomic mass is 35.5. The van der Waals surface area contributed by atoms with Gasteiger partial charge in [0.1, 0.15) is 5.41 Å². The van der Waals surface area contributed by atoms with E-state index >= 15 is 0 Å². The second kappa shape index (κ2) is 7.56. The van der Waals surface area contributed by atoms with E-state index in [0.29, 0.717) is 21.8 Å². The first-order chi connectivity index (χ1) is 14.0. The van der Waals surface area contributed by atoms with Crippen molar-refractivity contribution in [1.29, 1.82) is 0 Å².